The van der Waals surface area contributed by atoms with Crippen LogP contribution in [0.25, 0.3) is 0 Å². The highest BCUT2D eigenvalue weighted by Crippen LogP contribution is 2.28. The number of imidazole rings is 1. The summed E-state index contributed by atoms with van der Waals surface area (Å²) in [4.78, 5) is 20.6. The fraction of sp³-hybridized carbons (Fsp3) is 0.188. The lowest BCUT2D eigenvalue weighted by molar-refractivity contribution is 0.0731. The first kappa shape index (κ1) is 15.2. The molecule has 0 aliphatic carbocycles. The van der Waals surface area contributed by atoms with Crippen molar-refractivity contribution in [3.63, 3.8) is 0 Å². The summed E-state index contributed by atoms with van der Waals surface area (Å²) < 4.78 is 1.89. The predicted molar refractivity (Wildman–Crippen MR) is 90.2 cm³/mol. The third-order valence-electron chi connectivity index (χ3n) is 4.07. The van der Waals surface area contributed by atoms with Crippen molar-refractivity contribution in [2.45, 2.75) is 13.0 Å². The molecule has 2 aromatic heterocycles. The van der Waals surface area contributed by atoms with Crippen LogP contribution >= 0.6 is 23.2 Å². The van der Waals surface area contributed by atoms with Crippen molar-refractivity contribution in [2.75, 3.05) is 6.54 Å². The zero-order valence-electron chi connectivity index (χ0n) is 12.6. The number of hydrogen-bond acceptors (Lipinski definition) is 3. The first-order chi connectivity index (χ1) is 11.6. The summed E-state index contributed by atoms with van der Waals surface area (Å²) in [5, 5.41) is 4.88. The molecule has 24 heavy (non-hydrogen) atoms. The summed E-state index contributed by atoms with van der Waals surface area (Å²) in [6.45, 7) is 1.02. The fourth-order valence-electron chi connectivity index (χ4n) is 2.87. The van der Waals surface area contributed by atoms with Gasteiger partial charge >= 0.3 is 0 Å². The number of carbonyl (C=O) groups is 1. The summed E-state index contributed by atoms with van der Waals surface area (Å²) in [7, 11) is 0. The molecule has 4 rings (SSSR count). The van der Waals surface area contributed by atoms with Gasteiger partial charge in [-0.25, -0.2) is 9.66 Å². The molecule has 0 saturated heterocycles. The zero-order chi connectivity index (χ0) is 16.7. The third-order valence-corrected chi connectivity index (χ3v) is 4.89. The van der Waals surface area contributed by atoms with Crippen molar-refractivity contribution in [1.29, 1.82) is 0 Å². The second-order valence-electron chi connectivity index (χ2n) is 5.49. The largest absolute Gasteiger partial charge is 0.332 e. The van der Waals surface area contributed by atoms with Crippen molar-refractivity contribution in [3.05, 3.63) is 70.0 Å². The number of fused-ring (bicyclic) bond motifs is 1. The average molecular weight is 362 g/mol. The van der Waals surface area contributed by atoms with E-state index in [0.717, 1.165) is 11.4 Å². The first-order valence-corrected chi connectivity index (χ1v) is 8.19. The Balaban J connectivity index is 1.61. The van der Waals surface area contributed by atoms with E-state index in [2.05, 4.69) is 10.1 Å². The van der Waals surface area contributed by atoms with Gasteiger partial charge in [-0.2, -0.15) is 9.89 Å². The molecule has 1 amide bonds. The number of halogens is 2. The second kappa shape index (κ2) is 5.96. The molecule has 3 aromatic rings. The summed E-state index contributed by atoms with van der Waals surface area (Å²) in [6.07, 6.45) is 5.98. The lowest BCUT2D eigenvalue weighted by Crippen LogP contribution is -2.37. The van der Waals surface area contributed by atoms with Gasteiger partial charge in [0.15, 0.2) is 0 Å². The molecule has 0 atom stereocenters. The number of amides is 1. The van der Waals surface area contributed by atoms with Crippen LogP contribution in [0, 0.1) is 0 Å². The van der Waals surface area contributed by atoms with E-state index < -0.39 is 0 Å². The fourth-order valence-corrected chi connectivity index (χ4v) is 3.25. The van der Waals surface area contributed by atoms with Gasteiger partial charge in [-0.05, 0) is 18.2 Å². The van der Waals surface area contributed by atoms with E-state index in [1.54, 1.807) is 40.4 Å². The first-order valence-electron chi connectivity index (χ1n) is 7.44. The normalized spacial score (nSPS) is 13.8. The molecule has 0 spiro atoms. The minimum Gasteiger partial charge on any atom is -0.332 e. The van der Waals surface area contributed by atoms with E-state index in [9.17, 15) is 4.79 Å². The van der Waals surface area contributed by atoms with Gasteiger partial charge in [0, 0.05) is 19.2 Å². The molecule has 0 bridgehead atoms. The van der Waals surface area contributed by atoms with Crippen molar-refractivity contribution in [1.82, 2.24) is 24.4 Å². The smallest absolute Gasteiger partial charge is 0.255 e. The molecule has 8 heteroatoms. The van der Waals surface area contributed by atoms with E-state index in [1.165, 1.54) is 0 Å². The van der Waals surface area contributed by atoms with Gasteiger partial charge < -0.3 is 4.90 Å². The minimum atomic E-state index is -0.137. The summed E-state index contributed by atoms with van der Waals surface area (Å²) >= 11 is 12.2. The van der Waals surface area contributed by atoms with E-state index >= 15 is 0 Å². The topological polar surface area (TPSA) is 56.0 Å². The maximum atomic E-state index is 12.7. The van der Waals surface area contributed by atoms with E-state index in [-0.39, 0.29) is 10.9 Å². The molecule has 0 unspecified atom stereocenters. The number of nitrogens with zero attached hydrogens (tertiary/aromatic N) is 5. The lowest BCUT2D eigenvalue weighted by atomic mass is 10.1. The Kier molecular flexibility index (Phi) is 3.78. The van der Waals surface area contributed by atoms with Crippen LogP contribution in [0.4, 0.5) is 0 Å². The van der Waals surface area contributed by atoms with Crippen LogP contribution in [0.2, 0.25) is 10.0 Å². The highest BCUT2D eigenvalue weighted by atomic mass is 35.5. The maximum Gasteiger partial charge on any atom is 0.255 e. The highest BCUT2D eigenvalue weighted by molar-refractivity contribution is 6.43. The summed E-state index contributed by atoms with van der Waals surface area (Å²) in [5.41, 5.74) is 2.34. The van der Waals surface area contributed by atoms with Gasteiger partial charge in [-0.15, -0.1) is 0 Å². The molecular weight excluding hydrogens is 349 g/mol. The lowest BCUT2D eigenvalue weighted by Gasteiger charge is -2.27. The number of benzene rings is 1. The zero-order valence-corrected chi connectivity index (χ0v) is 14.1. The average Bonchev–Trinajstić information content (AvgIpc) is 3.25. The van der Waals surface area contributed by atoms with Gasteiger partial charge in [0.2, 0.25) is 0 Å². The van der Waals surface area contributed by atoms with Crippen LogP contribution < -0.4 is 0 Å². The third kappa shape index (κ3) is 2.48. The van der Waals surface area contributed by atoms with Gasteiger partial charge in [-0.3, -0.25) is 4.79 Å². The quantitative estimate of drug-likeness (QED) is 0.705. The number of carbonyl (C=O) groups excluding carboxylic acids is 1. The van der Waals surface area contributed by atoms with Crippen molar-refractivity contribution in [3.8, 4) is 0 Å². The molecule has 3 heterocycles. The molecule has 1 aliphatic rings. The Hall–Kier alpha value is -2.31. The van der Waals surface area contributed by atoms with Gasteiger partial charge in [0.1, 0.15) is 6.33 Å². The van der Waals surface area contributed by atoms with Crippen LogP contribution in [-0.4, -0.2) is 36.9 Å². The van der Waals surface area contributed by atoms with Crippen LogP contribution in [0.1, 0.15) is 21.7 Å². The molecule has 1 aromatic carbocycles. The van der Waals surface area contributed by atoms with Crippen molar-refractivity contribution >= 4 is 29.1 Å². The number of hydrogen-bond donors (Lipinski definition) is 0. The Morgan fingerprint density at radius 2 is 2.08 bits per heavy atom. The monoisotopic (exact) mass is 361 g/mol. The van der Waals surface area contributed by atoms with Crippen LogP contribution in [0.5, 0.6) is 0 Å². The summed E-state index contributed by atoms with van der Waals surface area (Å²) in [6, 6.07) is 6.94. The number of aromatic nitrogens is 4. The second-order valence-corrected chi connectivity index (χ2v) is 6.27. The number of rotatable bonds is 2. The Labute approximate surface area is 148 Å². The predicted octanol–water partition coefficient (Wildman–Crippen LogP) is 2.90. The van der Waals surface area contributed by atoms with Crippen LogP contribution in [0.3, 0.4) is 0 Å². The molecule has 122 valence electrons. The molecule has 0 N–H and O–H groups in total. The van der Waals surface area contributed by atoms with Crippen LogP contribution in [-0.2, 0) is 13.0 Å². The Morgan fingerprint density at radius 1 is 1.21 bits per heavy atom. The molecule has 6 nitrogen and oxygen atoms in total. The minimum absolute atomic E-state index is 0.137. The Bertz CT molecular complexity index is 903. The molecular formula is C16H13Cl2N5O. The van der Waals surface area contributed by atoms with E-state index in [4.69, 9.17) is 23.2 Å². The van der Waals surface area contributed by atoms with Crippen molar-refractivity contribution < 1.29 is 4.79 Å². The molecule has 0 saturated carbocycles. The molecule has 0 fully saturated rings. The van der Waals surface area contributed by atoms with Gasteiger partial charge in [0.25, 0.3) is 5.91 Å². The van der Waals surface area contributed by atoms with E-state index in [1.807, 2.05) is 16.9 Å². The summed E-state index contributed by atoms with van der Waals surface area (Å²) in [5.74, 6) is -0.137. The van der Waals surface area contributed by atoms with Crippen molar-refractivity contribution in [2.24, 2.45) is 0 Å². The SMILES string of the molecule is O=C(c1cccc(Cl)c1Cl)N1CCc2c(ncn2-n2cccn2)C1. The standard InChI is InChI=1S/C16H13Cl2N5O/c17-12-4-1-3-11(15(12)18)16(24)21-8-5-14-13(9-21)19-10-22(14)23-7-2-6-20-23/h1-4,6-7,10H,5,8-9H2. The maximum absolute atomic E-state index is 12.7. The van der Waals surface area contributed by atoms with Gasteiger partial charge in [0.05, 0.1) is 39.7 Å². The van der Waals surface area contributed by atoms with E-state index in [0.29, 0.717) is 30.1 Å². The molecule has 1 aliphatic heterocycles. The van der Waals surface area contributed by atoms with Gasteiger partial charge in [-0.1, -0.05) is 29.3 Å². The highest BCUT2D eigenvalue weighted by Gasteiger charge is 2.27. The Morgan fingerprint density at radius 3 is 2.88 bits per heavy atom. The van der Waals surface area contributed by atoms with Crippen LogP contribution in [0.15, 0.2) is 43.0 Å². The molecule has 0 radical (unpaired) electrons.